The molecule has 0 bridgehead atoms. The molecule has 1 fully saturated rings. The van der Waals surface area contributed by atoms with Gasteiger partial charge in [0.1, 0.15) is 0 Å². The van der Waals surface area contributed by atoms with E-state index in [4.69, 9.17) is 20.8 Å². The molecular weight excluding hydrogens is 310 g/mol. The number of rotatable bonds is 6. The van der Waals surface area contributed by atoms with Crippen LogP contribution in [-0.2, 0) is 10.5 Å². The van der Waals surface area contributed by atoms with Crippen LogP contribution < -0.4 is 0 Å². The van der Waals surface area contributed by atoms with Crippen molar-refractivity contribution in [3.8, 4) is 11.3 Å². The first-order valence-electron chi connectivity index (χ1n) is 6.68. The fourth-order valence-electron chi connectivity index (χ4n) is 2.09. The summed E-state index contributed by atoms with van der Waals surface area (Å²) >= 11 is 7.58. The van der Waals surface area contributed by atoms with E-state index in [1.807, 2.05) is 24.3 Å². The second-order valence-corrected chi connectivity index (χ2v) is 6.69. The Labute approximate surface area is 132 Å². The Hall–Kier alpha value is -1.01. The molecule has 1 saturated heterocycles. The van der Waals surface area contributed by atoms with Gasteiger partial charge in [0.2, 0.25) is 5.89 Å². The second kappa shape index (κ2) is 6.40. The number of benzene rings is 1. The highest BCUT2D eigenvalue weighted by Gasteiger charge is 2.37. The zero-order valence-electron chi connectivity index (χ0n) is 11.4. The van der Waals surface area contributed by atoms with Gasteiger partial charge in [-0.25, -0.2) is 4.98 Å². The lowest BCUT2D eigenvalue weighted by Gasteiger charge is -2.39. The summed E-state index contributed by atoms with van der Waals surface area (Å²) < 4.78 is 10.9. The van der Waals surface area contributed by atoms with Crippen molar-refractivity contribution in [3.63, 3.8) is 0 Å². The molecule has 2 heterocycles. The van der Waals surface area contributed by atoms with Crippen LogP contribution in [0.2, 0.25) is 5.02 Å². The number of aromatic nitrogens is 1. The minimum Gasteiger partial charge on any atom is -0.440 e. The van der Waals surface area contributed by atoms with Crippen LogP contribution in [0.5, 0.6) is 0 Å². The van der Waals surface area contributed by atoms with Crippen LogP contribution in [0.4, 0.5) is 0 Å². The van der Waals surface area contributed by atoms with E-state index in [0.29, 0.717) is 29.9 Å². The van der Waals surface area contributed by atoms with E-state index in [2.05, 4.69) is 4.98 Å². The molecule has 0 amide bonds. The van der Waals surface area contributed by atoms with Crippen molar-refractivity contribution in [1.29, 1.82) is 0 Å². The van der Waals surface area contributed by atoms with Crippen molar-refractivity contribution in [2.45, 2.75) is 5.75 Å². The Morgan fingerprint density at radius 3 is 2.67 bits per heavy atom. The molecule has 0 unspecified atom stereocenters. The van der Waals surface area contributed by atoms with Crippen molar-refractivity contribution >= 4 is 23.4 Å². The molecule has 1 aromatic heterocycles. The molecule has 21 heavy (non-hydrogen) atoms. The minimum absolute atomic E-state index is 0.0731. The van der Waals surface area contributed by atoms with Gasteiger partial charge in [-0.05, 0) is 24.3 Å². The maximum Gasteiger partial charge on any atom is 0.204 e. The highest BCUT2D eigenvalue weighted by atomic mass is 35.5. The minimum atomic E-state index is -0.0731. The van der Waals surface area contributed by atoms with E-state index < -0.39 is 0 Å². The maximum absolute atomic E-state index is 9.37. The average molecular weight is 326 g/mol. The van der Waals surface area contributed by atoms with Gasteiger partial charge in [-0.3, -0.25) is 0 Å². The summed E-state index contributed by atoms with van der Waals surface area (Å²) in [6.45, 7) is 1.44. The molecule has 0 atom stereocenters. The summed E-state index contributed by atoms with van der Waals surface area (Å²) in [5.41, 5.74) is 0.887. The predicted octanol–water partition coefficient (Wildman–Crippen LogP) is 3.24. The summed E-state index contributed by atoms with van der Waals surface area (Å²) in [7, 11) is 0. The first-order valence-corrected chi connectivity index (χ1v) is 8.21. The second-order valence-electron chi connectivity index (χ2n) is 5.27. The topological polar surface area (TPSA) is 55.5 Å². The number of hydrogen-bond donors (Lipinski definition) is 1. The van der Waals surface area contributed by atoms with Crippen molar-refractivity contribution in [2.24, 2.45) is 5.41 Å². The molecule has 0 aliphatic carbocycles. The Balaban J connectivity index is 1.56. The first kappa shape index (κ1) is 14.9. The normalized spacial score (nSPS) is 16.7. The zero-order valence-corrected chi connectivity index (χ0v) is 13.0. The Morgan fingerprint density at radius 2 is 2.05 bits per heavy atom. The molecule has 1 N–H and O–H groups in total. The predicted molar refractivity (Wildman–Crippen MR) is 83.4 cm³/mol. The van der Waals surface area contributed by atoms with E-state index >= 15 is 0 Å². The summed E-state index contributed by atoms with van der Waals surface area (Å²) in [6, 6.07) is 7.48. The van der Waals surface area contributed by atoms with E-state index in [0.717, 1.165) is 17.1 Å². The number of oxazole rings is 1. The van der Waals surface area contributed by atoms with Gasteiger partial charge in [-0.2, -0.15) is 11.8 Å². The largest absolute Gasteiger partial charge is 0.440 e. The van der Waals surface area contributed by atoms with Gasteiger partial charge in [-0.1, -0.05) is 11.6 Å². The maximum atomic E-state index is 9.37. The molecule has 112 valence electrons. The van der Waals surface area contributed by atoms with E-state index in [1.54, 1.807) is 18.0 Å². The summed E-state index contributed by atoms with van der Waals surface area (Å²) in [4.78, 5) is 4.29. The van der Waals surface area contributed by atoms with Gasteiger partial charge < -0.3 is 14.3 Å². The number of halogens is 1. The van der Waals surface area contributed by atoms with E-state index in [9.17, 15) is 5.11 Å². The number of thioether (sulfide) groups is 1. The third-order valence-corrected chi connectivity index (χ3v) is 4.99. The van der Waals surface area contributed by atoms with Crippen molar-refractivity contribution < 1.29 is 14.3 Å². The lowest BCUT2D eigenvalue weighted by Crippen LogP contribution is -2.47. The Bertz CT molecular complexity index is 590. The van der Waals surface area contributed by atoms with Crippen LogP contribution in [0, 0.1) is 5.41 Å². The molecule has 1 aromatic carbocycles. The third kappa shape index (κ3) is 3.43. The SMILES string of the molecule is OCC1(CSCc2ncc(-c3ccc(Cl)cc3)o2)COC1. The van der Waals surface area contributed by atoms with E-state index in [1.165, 1.54) is 0 Å². The Morgan fingerprint density at radius 1 is 1.29 bits per heavy atom. The molecule has 4 nitrogen and oxygen atoms in total. The first-order chi connectivity index (χ1) is 10.2. The summed E-state index contributed by atoms with van der Waals surface area (Å²) in [5.74, 6) is 2.97. The zero-order chi connectivity index (χ0) is 14.7. The lowest BCUT2D eigenvalue weighted by molar-refractivity contribution is -0.121. The average Bonchev–Trinajstić information content (AvgIpc) is 2.91. The Kier molecular flexibility index (Phi) is 4.54. The number of hydrogen-bond acceptors (Lipinski definition) is 5. The van der Waals surface area contributed by atoms with Crippen molar-refractivity contribution in [3.05, 3.63) is 41.4 Å². The standard InChI is InChI=1S/C15H16ClNO3S/c16-12-3-1-11(2-4-12)13-5-17-14(20-13)6-21-10-15(7-18)8-19-9-15/h1-5,18H,6-10H2. The lowest BCUT2D eigenvalue weighted by atomic mass is 9.90. The highest BCUT2D eigenvalue weighted by Crippen LogP contribution is 2.32. The molecule has 0 radical (unpaired) electrons. The molecule has 3 rings (SSSR count). The van der Waals surface area contributed by atoms with Gasteiger partial charge in [0, 0.05) is 21.8 Å². The quantitative estimate of drug-likeness (QED) is 0.883. The fourth-order valence-corrected chi connectivity index (χ4v) is 3.32. The van der Waals surface area contributed by atoms with Crippen molar-refractivity contribution in [1.82, 2.24) is 4.98 Å². The summed E-state index contributed by atoms with van der Waals surface area (Å²) in [5, 5.41) is 10.1. The van der Waals surface area contributed by atoms with Crippen LogP contribution >= 0.6 is 23.4 Å². The van der Waals surface area contributed by atoms with Gasteiger partial charge in [-0.15, -0.1) is 0 Å². The smallest absolute Gasteiger partial charge is 0.204 e. The van der Waals surface area contributed by atoms with Crippen LogP contribution in [0.25, 0.3) is 11.3 Å². The molecule has 2 aromatic rings. The summed E-state index contributed by atoms with van der Waals surface area (Å²) in [6.07, 6.45) is 1.73. The van der Waals surface area contributed by atoms with Crippen LogP contribution in [0.15, 0.2) is 34.9 Å². The highest BCUT2D eigenvalue weighted by molar-refractivity contribution is 7.98. The molecule has 6 heteroatoms. The molecule has 1 aliphatic heterocycles. The van der Waals surface area contributed by atoms with Gasteiger partial charge >= 0.3 is 0 Å². The van der Waals surface area contributed by atoms with Gasteiger partial charge in [0.15, 0.2) is 5.76 Å². The van der Waals surface area contributed by atoms with Gasteiger partial charge in [0.05, 0.1) is 31.8 Å². The van der Waals surface area contributed by atoms with Crippen LogP contribution in [0.1, 0.15) is 5.89 Å². The fraction of sp³-hybridized carbons (Fsp3) is 0.400. The van der Waals surface area contributed by atoms with Gasteiger partial charge in [0.25, 0.3) is 0 Å². The number of nitrogens with zero attached hydrogens (tertiary/aromatic N) is 1. The molecule has 0 spiro atoms. The third-order valence-electron chi connectivity index (χ3n) is 3.47. The molecule has 0 saturated carbocycles. The number of ether oxygens (including phenoxy) is 1. The monoisotopic (exact) mass is 325 g/mol. The molecular formula is C15H16ClNO3S. The molecule has 1 aliphatic rings. The van der Waals surface area contributed by atoms with E-state index in [-0.39, 0.29) is 12.0 Å². The van der Waals surface area contributed by atoms with Crippen LogP contribution in [0.3, 0.4) is 0 Å². The number of aliphatic hydroxyl groups excluding tert-OH is 1. The van der Waals surface area contributed by atoms with Crippen molar-refractivity contribution in [2.75, 3.05) is 25.6 Å². The van der Waals surface area contributed by atoms with Crippen LogP contribution in [-0.4, -0.2) is 35.7 Å². The number of aliphatic hydroxyl groups is 1.